The standard InChI is InChI=1S/C24H20F2N2O2S/c25-19-11-9-16(10-12-19)14-27-22(29)21-15-31-24(18-7-4-8-20(26)13-18)28(21)23(30)17-5-2-1-3-6-17/h1-13,21,24H,14-15H2,(H,27,29). The lowest BCUT2D eigenvalue weighted by molar-refractivity contribution is -0.125. The van der Waals surface area contributed by atoms with E-state index in [0.29, 0.717) is 16.9 Å². The first kappa shape index (κ1) is 21.1. The lowest BCUT2D eigenvalue weighted by atomic mass is 10.1. The Hall–Kier alpha value is -3.19. The molecular formula is C24H20F2N2O2S. The van der Waals surface area contributed by atoms with Crippen molar-refractivity contribution in [1.82, 2.24) is 10.2 Å². The van der Waals surface area contributed by atoms with Crippen LogP contribution < -0.4 is 5.32 Å². The van der Waals surface area contributed by atoms with E-state index in [-0.39, 0.29) is 24.2 Å². The molecule has 31 heavy (non-hydrogen) atoms. The van der Waals surface area contributed by atoms with E-state index < -0.39 is 17.2 Å². The quantitative estimate of drug-likeness (QED) is 0.637. The van der Waals surface area contributed by atoms with E-state index in [1.54, 1.807) is 48.5 Å². The number of carbonyl (C=O) groups is 2. The Bertz CT molecular complexity index is 1080. The van der Waals surface area contributed by atoms with Crippen molar-refractivity contribution in [2.75, 3.05) is 5.75 Å². The Morgan fingerprint density at radius 1 is 0.935 bits per heavy atom. The molecule has 1 aliphatic heterocycles. The second-order valence-electron chi connectivity index (χ2n) is 7.18. The highest BCUT2D eigenvalue weighted by molar-refractivity contribution is 7.99. The minimum absolute atomic E-state index is 0.221. The number of nitrogens with one attached hydrogen (secondary N) is 1. The number of halogens is 2. The van der Waals surface area contributed by atoms with Crippen molar-refractivity contribution in [3.05, 3.63) is 107 Å². The third-order valence-corrected chi connectivity index (χ3v) is 6.40. The van der Waals surface area contributed by atoms with Gasteiger partial charge in [-0.3, -0.25) is 9.59 Å². The summed E-state index contributed by atoms with van der Waals surface area (Å²) >= 11 is 1.42. The fourth-order valence-corrected chi connectivity index (χ4v) is 4.93. The van der Waals surface area contributed by atoms with Gasteiger partial charge in [-0.15, -0.1) is 11.8 Å². The first-order chi connectivity index (χ1) is 15.0. The molecule has 2 atom stereocenters. The smallest absolute Gasteiger partial charge is 0.255 e. The number of amides is 2. The van der Waals surface area contributed by atoms with Crippen molar-refractivity contribution in [2.45, 2.75) is 18.0 Å². The van der Waals surface area contributed by atoms with Gasteiger partial charge in [0, 0.05) is 17.9 Å². The second kappa shape index (κ2) is 9.31. The minimum atomic E-state index is -0.716. The summed E-state index contributed by atoms with van der Waals surface area (Å²) in [5.41, 5.74) is 1.84. The van der Waals surface area contributed by atoms with Gasteiger partial charge in [0.05, 0.1) is 0 Å². The van der Waals surface area contributed by atoms with Crippen LogP contribution in [0.15, 0.2) is 78.9 Å². The van der Waals surface area contributed by atoms with Crippen LogP contribution in [0, 0.1) is 11.6 Å². The average Bonchev–Trinajstić information content (AvgIpc) is 3.24. The maximum atomic E-state index is 13.8. The van der Waals surface area contributed by atoms with Crippen LogP contribution in [0.5, 0.6) is 0 Å². The topological polar surface area (TPSA) is 49.4 Å². The predicted molar refractivity (Wildman–Crippen MR) is 116 cm³/mol. The van der Waals surface area contributed by atoms with E-state index in [0.717, 1.165) is 5.56 Å². The zero-order valence-electron chi connectivity index (χ0n) is 16.5. The predicted octanol–water partition coefficient (Wildman–Crippen LogP) is 4.54. The normalized spacial score (nSPS) is 18.1. The summed E-state index contributed by atoms with van der Waals surface area (Å²) in [6.07, 6.45) is 0. The third-order valence-electron chi connectivity index (χ3n) is 5.07. The maximum Gasteiger partial charge on any atom is 0.255 e. The molecule has 1 N–H and O–H groups in total. The Kier molecular flexibility index (Phi) is 6.32. The van der Waals surface area contributed by atoms with Crippen LogP contribution in [0.3, 0.4) is 0 Å². The van der Waals surface area contributed by atoms with Crippen LogP contribution in [0.4, 0.5) is 8.78 Å². The van der Waals surface area contributed by atoms with Gasteiger partial charge in [-0.25, -0.2) is 8.78 Å². The summed E-state index contributed by atoms with van der Waals surface area (Å²) in [7, 11) is 0. The first-order valence-corrected chi connectivity index (χ1v) is 10.8. The SMILES string of the molecule is O=C(NCc1ccc(F)cc1)C1CSC(c2cccc(F)c2)N1C(=O)c1ccccc1. The van der Waals surface area contributed by atoms with Gasteiger partial charge in [-0.2, -0.15) is 0 Å². The van der Waals surface area contributed by atoms with E-state index in [4.69, 9.17) is 0 Å². The first-order valence-electron chi connectivity index (χ1n) is 9.80. The molecule has 0 saturated carbocycles. The van der Waals surface area contributed by atoms with Gasteiger partial charge in [-0.05, 0) is 47.5 Å². The molecule has 0 aliphatic carbocycles. The highest BCUT2D eigenvalue weighted by Gasteiger charge is 2.42. The van der Waals surface area contributed by atoms with Crippen LogP contribution >= 0.6 is 11.8 Å². The molecule has 7 heteroatoms. The van der Waals surface area contributed by atoms with Crippen molar-refractivity contribution in [3.8, 4) is 0 Å². The summed E-state index contributed by atoms with van der Waals surface area (Å²) < 4.78 is 26.9. The molecule has 1 aliphatic rings. The molecule has 3 aromatic rings. The molecule has 0 spiro atoms. The number of thioether (sulfide) groups is 1. The van der Waals surface area contributed by atoms with Crippen molar-refractivity contribution in [1.29, 1.82) is 0 Å². The molecule has 1 fully saturated rings. The zero-order chi connectivity index (χ0) is 21.8. The molecule has 3 aromatic carbocycles. The lowest BCUT2D eigenvalue weighted by Crippen LogP contribution is -2.47. The van der Waals surface area contributed by atoms with Crippen molar-refractivity contribution in [3.63, 3.8) is 0 Å². The molecule has 1 saturated heterocycles. The summed E-state index contributed by atoms with van der Waals surface area (Å²) in [6, 6.07) is 20.0. The minimum Gasteiger partial charge on any atom is -0.350 e. The molecule has 4 nitrogen and oxygen atoms in total. The van der Waals surface area contributed by atoms with Gasteiger partial charge < -0.3 is 10.2 Å². The maximum absolute atomic E-state index is 13.8. The number of rotatable bonds is 5. The molecule has 0 aromatic heterocycles. The van der Waals surface area contributed by atoms with Gasteiger partial charge in [0.25, 0.3) is 5.91 Å². The number of nitrogens with zero attached hydrogens (tertiary/aromatic N) is 1. The van der Waals surface area contributed by atoms with Crippen LogP contribution in [0.1, 0.15) is 26.9 Å². The Morgan fingerprint density at radius 2 is 1.68 bits per heavy atom. The van der Waals surface area contributed by atoms with E-state index >= 15 is 0 Å². The second-order valence-corrected chi connectivity index (χ2v) is 8.29. The molecular weight excluding hydrogens is 418 g/mol. The average molecular weight is 438 g/mol. The number of hydrogen-bond donors (Lipinski definition) is 1. The number of benzene rings is 3. The fraction of sp³-hybridized carbons (Fsp3) is 0.167. The van der Waals surface area contributed by atoms with Crippen molar-refractivity contribution < 1.29 is 18.4 Å². The number of hydrogen-bond acceptors (Lipinski definition) is 3. The fourth-order valence-electron chi connectivity index (χ4n) is 3.51. The lowest BCUT2D eigenvalue weighted by Gasteiger charge is -2.29. The molecule has 0 bridgehead atoms. The summed E-state index contributed by atoms with van der Waals surface area (Å²) in [4.78, 5) is 27.9. The van der Waals surface area contributed by atoms with Gasteiger partial charge in [0.1, 0.15) is 23.1 Å². The van der Waals surface area contributed by atoms with Crippen LogP contribution in [-0.4, -0.2) is 28.5 Å². The third kappa shape index (κ3) is 4.77. The van der Waals surface area contributed by atoms with Crippen LogP contribution in [-0.2, 0) is 11.3 Å². The highest BCUT2D eigenvalue weighted by atomic mass is 32.2. The highest BCUT2D eigenvalue weighted by Crippen LogP contribution is 2.42. The molecule has 2 amide bonds. The largest absolute Gasteiger partial charge is 0.350 e. The molecule has 4 rings (SSSR count). The summed E-state index contributed by atoms with van der Waals surface area (Å²) in [6.45, 7) is 0.221. The van der Waals surface area contributed by atoms with Gasteiger partial charge in [-0.1, -0.05) is 42.5 Å². The van der Waals surface area contributed by atoms with E-state index in [1.807, 2.05) is 6.07 Å². The zero-order valence-corrected chi connectivity index (χ0v) is 17.3. The van der Waals surface area contributed by atoms with Crippen LogP contribution in [0.25, 0.3) is 0 Å². The molecule has 158 valence electrons. The number of carbonyl (C=O) groups excluding carboxylic acids is 2. The van der Waals surface area contributed by atoms with E-state index in [2.05, 4.69) is 5.32 Å². The molecule has 0 radical (unpaired) electrons. The molecule has 1 heterocycles. The van der Waals surface area contributed by atoms with E-state index in [1.165, 1.54) is 40.9 Å². The van der Waals surface area contributed by atoms with Gasteiger partial charge >= 0.3 is 0 Å². The van der Waals surface area contributed by atoms with Gasteiger partial charge in [0.2, 0.25) is 5.91 Å². The Balaban J connectivity index is 1.58. The van der Waals surface area contributed by atoms with Crippen molar-refractivity contribution in [2.24, 2.45) is 0 Å². The van der Waals surface area contributed by atoms with Crippen LogP contribution in [0.2, 0.25) is 0 Å². The molecule has 2 unspecified atom stereocenters. The Morgan fingerprint density at radius 3 is 2.39 bits per heavy atom. The monoisotopic (exact) mass is 438 g/mol. The Labute approximate surface area is 183 Å². The summed E-state index contributed by atoms with van der Waals surface area (Å²) in [5, 5.41) is 2.36. The summed E-state index contributed by atoms with van der Waals surface area (Å²) in [5.74, 6) is -0.953. The van der Waals surface area contributed by atoms with Crippen molar-refractivity contribution >= 4 is 23.6 Å². The van der Waals surface area contributed by atoms with Gasteiger partial charge in [0.15, 0.2) is 0 Å². The van der Waals surface area contributed by atoms with E-state index in [9.17, 15) is 18.4 Å².